The normalized spacial score (nSPS) is 10.6. The van der Waals surface area contributed by atoms with Gasteiger partial charge in [-0.05, 0) is 54.8 Å². The Balaban J connectivity index is 1.94. The summed E-state index contributed by atoms with van der Waals surface area (Å²) in [6.45, 7) is 3.89. The Hall–Kier alpha value is -2.62. The Labute approximate surface area is 123 Å². The van der Waals surface area contributed by atoms with Crippen LogP contribution in [0, 0.1) is 19.7 Å². The lowest BCUT2D eigenvalue weighted by molar-refractivity contribution is 0.255. The van der Waals surface area contributed by atoms with E-state index in [4.69, 9.17) is 0 Å². The van der Waals surface area contributed by atoms with Crippen molar-refractivity contribution in [3.05, 3.63) is 71.2 Å². The molecule has 2 N–H and O–H groups in total. The number of amides is 2. The molecule has 2 rings (SSSR count). The number of anilines is 1. The number of benzene rings is 2. The van der Waals surface area contributed by atoms with Crippen LogP contribution < -0.4 is 10.6 Å². The number of nitrogens with one attached hydrogen (secondary N) is 2. The van der Waals surface area contributed by atoms with Gasteiger partial charge in [0.25, 0.3) is 0 Å². The Morgan fingerprint density at radius 1 is 1.14 bits per heavy atom. The number of hydrogen-bond acceptors (Lipinski definition) is 1. The molecule has 3 nitrogen and oxygen atoms in total. The third-order valence-corrected chi connectivity index (χ3v) is 2.98. The topological polar surface area (TPSA) is 41.1 Å². The average molecular weight is 284 g/mol. The second-order valence-electron chi connectivity index (χ2n) is 4.81. The number of urea groups is 1. The van der Waals surface area contributed by atoms with Gasteiger partial charge in [0.05, 0.1) is 0 Å². The van der Waals surface area contributed by atoms with E-state index in [1.54, 1.807) is 18.2 Å². The van der Waals surface area contributed by atoms with Crippen molar-refractivity contribution >= 4 is 17.8 Å². The molecule has 0 spiro atoms. The van der Waals surface area contributed by atoms with Crippen molar-refractivity contribution in [3.8, 4) is 0 Å². The Morgan fingerprint density at radius 2 is 1.95 bits per heavy atom. The summed E-state index contributed by atoms with van der Waals surface area (Å²) in [6.07, 6.45) is 3.11. The summed E-state index contributed by atoms with van der Waals surface area (Å²) in [5.74, 6) is -0.308. The predicted molar refractivity (Wildman–Crippen MR) is 83.5 cm³/mol. The number of carbonyl (C=O) groups excluding carboxylic acids is 1. The lowest BCUT2D eigenvalue weighted by Gasteiger charge is -2.08. The molecule has 0 aliphatic heterocycles. The first-order valence-corrected chi connectivity index (χ1v) is 6.61. The van der Waals surface area contributed by atoms with Crippen molar-refractivity contribution in [2.45, 2.75) is 13.8 Å². The molecule has 0 unspecified atom stereocenters. The minimum Gasteiger partial charge on any atom is -0.314 e. The van der Waals surface area contributed by atoms with Gasteiger partial charge in [-0.1, -0.05) is 24.3 Å². The molecule has 0 saturated heterocycles. The molecule has 2 aromatic carbocycles. The maximum Gasteiger partial charge on any atom is 0.323 e. The summed E-state index contributed by atoms with van der Waals surface area (Å²) in [7, 11) is 0. The van der Waals surface area contributed by atoms with E-state index >= 15 is 0 Å². The number of rotatable bonds is 3. The van der Waals surface area contributed by atoms with E-state index in [0.29, 0.717) is 5.56 Å². The Kier molecular flexibility index (Phi) is 4.72. The van der Waals surface area contributed by atoms with E-state index in [2.05, 4.69) is 10.6 Å². The van der Waals surface area contributed by atoms with Crippen LogP contribution in [-0.4, -0.2) is 6.03 Å². The van der Waals surface area contributed by atoms with Crippen LogP contribution in [0.25, 0.3) is 6.08 Å². The molecule has 2 aromatic rings. The molecule has 0 aliphatic carbocycles. The van der Waals surface area contributed by atoms with Crippen LogP contribution in [0.5, 0.6) is 0 Å². The molecule has 0 aliphatic rings. The molecule has 0 aromatic heterocycles. The van der Waals surface area contributed by atoms with Crippen molar-refractivity contribution in [1.29, 1.82) is 0 Å². The van der Waals surface area contributed by atoms with Crippen LogP contribution in [0.1, 0.15) is 16.7 Å². The highest BCUT2D eigenvalue weighted by Gasteiger charge is 2.02. The molecule has 0 atom stereocenters. The van der Waals surface area contributed by atoms with Crippen LogP contribution in [0.4, 0.5) is 14.9 Å². The maximum atomic E-state index is 13.0. The van der Waals surface area contributed by atoms with E-state index in [1.165, 1.54) is 18.3 Å². The number of hydrogen-bond donors (Lipinski definition) is 2. The summed E-state index contributed by atoms with van der Waals surface area (Å²) < 4.78 is 13.0. The summed E-state index contributed by atoms with van der Waals surface area (Å²) >= 11 is 0. The minimum atomic E-state index is -0.337. The fourth-order valence-electron chi connectivity index (χ4n) is 1.85. The largest absolute Gasteiger partial charge is 0.323 e. The van der Waals surface area contributed by atoms with E-state index in [1.807, 2.05) is 32.0 Å². The van der Waals surface area contributed by atoms with Gasteiger partial charge in [-0.25, -0.2) is 9.18 Å². The first-order chi connectivity index (χ1) is 10.0. The van der Waals surface area contributed by atoms with Crippen LogP contribution in [-0.2, 0) is 0 Å². The van der Waals surface area contributed by atoms with Crippen LogP contribution in [0.2, 0.25) is 0 Å². The van der Waals surface area contributed by atoms with Gasteiger partial charge in [0, 0.05) is 11.9 Å². The first-order valence-electron chi connectivity index (χ1n) is 6.61. The zero-order chi connectivity index (χ0) is 15.2. The molecule has 0 saturated carbocycles. The fraction of sp³-hybridized carbons (Fsp3) is 0.118. The number of aryl methyl sites for hydroxylation is 2. The molecule has 0 fully saturated rings. The van der Waals surface area contributed by atoms with Gasteiger partial charge in [-0.2, -0.15) is 0 Å². The zero-order valence-corrected chi connectivity index (χ0v) is 12.0. The second-order valence-corrected chi connectivity index (χ2v) is 4.81. The summed E-state index contributed by atoms with van der Waals surface area (Å²) in [4.78, 5) is 11.8. The highest BCUT2D eigenvalue weighted by molar-refractivity contribution is 5.91. The van der Waals surface area contributed by atoms with E-state index in [0.717, 1.165) is 16.8 Å². The monoisotopic (exact) mass is 284 g/mol. The van der Waals surface area contributed by atoms with Crippen LogP contribution >= 0.6 is 0 Å². The van der Waals surface area contributed by atoms with Gasteiger partial charge in [-0.3, -0.25) is 0 Å². The molecule has 0 bridgehead atoms. The third kappa shape index (κ3) is 4.45. The van der Waals surface area contributed by atoms with E-state index < -0.39 is 0 Å². The van der Waals surface area contributed by atoms with Crippen LogP contribution in [0.3, 0.4) is 0 Å². The predicted octanol–water partition coefficient (Wildman–Crippen LogP) is 4.23. The smallest absolute Gasteiger partial charge is 0.314 e. The first kappa shape index (κ1) is 14.8. The van der Waals surface area contributed by atoms with Crippen molar-refractivity contribution in [3.63, 3.8) is 0 Å². The number of halogens is 1. The van der Waals surface area contributed by atoms with Gasteiger partial charge in [0.2, 0.25) is 0 Å². The van der Waals surface area contributed by atoms with Gasteiger partial charge in [0.1, 0.15) is 5.82 Å². The quantitative estimate of drug-likeness (QED) is 0.870. The van der Waals surface area contributed by atoms with E-state index in [9.17, 15) is 9.18 Å². The van der Waals surface area contributed by atoms with Gasteiger partial charge < -0.3 is 10.6 Å². The van der Waals surface area contributed by atoms with Crippen LogP contribution in [0.15, 0.2) is 48.7 Å². The third-order valence-electron chi connectivity index (χ3n) is 2.98. The van der Waals surface area contributed by atoms with Crippen molar-refractivity contribution in [1.82, 2.24) is 5.32 Å². The molecule has 0 radical (unpaired) electrons. The Morgan fingerprint density at radius 3 is 2.71 bits per heavy atom. The maximum absolute atomic E-state index is 13.0. The SMILES string of the molecule is Cc1ccc(C)c(NC(=O)N/C=C/c2cccc(F)c2)c1. The Bertz CT molecular complexity index is 680. The molecule has 4 heteroatoms. The van der Waals surface area contributed by atoms with Crippen molar-refractivity contribution in [2.75, 3.05) is 5.32 Å². The van der Waals surface area contributed by atoms with Crippen molar-refractivity contribution in [2.24, 2.45) is 0 Å². The van der Waals surface area contributed by atoms with E-state index in [-0.39, 0.29) is 11.8 Å². The summed E-state index contributed by atoms with van der Waals surface area (Å²) in [6, 6.07) is 11.6. The number of carbonyl (C=O) groups is 1. The fourth-order valence-corrected chi connectivity index (χ4v) is 1.85. The molecular weight excluding hydrogens is 267 g/mol. The highest BCUT2D eigenvalue weighted by atomic mass is 19.1. The van der Waals surface area contributed by atoms with Gasteiger partial charge in [0.15, 0.2) is 0 Å². The zero-order valence-electron chi connectivity index (χ0n) is 12.0. The van der Waals surface area contributed by atoms with Crippen molar-refractivity contribution < 1.29 is 9.18 Å². The molecular formula is C17H17FN2O. The molecule has 2 amide bonds. The average Bonchev–Trinajstić information content (AvgIpc) is 2.43. The summed E-state index contributed by atoms with van der Waals surface area (Å²) in [5, 5.41) is 5.37. The summed E-state index contributed by atoms with van der Waals surface area (Å²) in [5.41, 5.74) is 3.52. The second kappa shape index (κ2) is 6.70. The molecule has 0 heterocycles. The highest BCUT2D eigenvalue weighted by Crippen LogP contribution is 2.16. The lowest BCUT2D eigenvalue weighted by Crippen LogP contribution is -2.24. The molecule has 21 heavy (non-hydrogen) atoms. The van der Waals surface area contributed by atoms with Gasteiger partial charge in [-0.15, -0.1) is 0 Å². The standard InChI is InChI=1S/C17H17FN2O/c1-12-6-7-13(2)16(10-12)20-17(21)19-9-8-14-4-3-5-15(18)11-14/h3-11H,1-2H3,(H2,19,20,21)/b9-8+. The lowest BCUT2D eigenvalue weighted by atomic mass is 10.1. The minimum absolute atomic E-state index is 0.308. The van der Waals surface area contributed by atoms with Gasteiger partial charge >= 0.3 is 6.03 Å². The molecule has 108 valence electrons.